The van der Waals surface area contributed by atoms with Gasteiger partial charge in [-0.1, -0.05) is 48.5 Å². The zero-order valence-corrected chi connectivity index (χ0v) is 20.1. The molecular weight excluding hydrogens is 448 g/mol. The standard InChI is InChI=1S/C27H30N2O6/c1-16-23(25(31)32)29(27(2,3)35-16)24(30)22-13-8-14-28(22)26(33)34-15-21-19-11-6-4-9-17(19)18-10-5-7-12-20(18)21/h4-7,9-12,16,21-23H,8,13-15H2,1-3H3,(H,31,32)/t16-,22+,23+/m1/s1. The fourth-order valence-electron chi connectivity index (χ4n) is 5.91. The van der Waals surface area contributed by atoms with Crippen LogP contribution in [0.2, 0.25) is 0 Å². The van der Waals surface area contributed by atoms with E-state index in [1.807, 2.05) is 24.3 Å². The molecule has 184 valence electrons. The van der Waals surface area contributed by atoms with E-state index in [1.54, 1.807) is 20.8 Å². The molecule has 1 N–H and O–H groups in total. The fraction of sp³-hybridized carbons (Fsp3) is 0.444. The van der Waals surface area contributed by atoms with Crippen molar-refractivity contribution in [2.45, 2.75) is 63.4 Å². The number of likely N-dealkylation sites (tertiary alicyclic amines) is 1. The number of aliphatic carboxylic acids is 1. The van der Waals surface area contributed by atoms with Crippen molar-refractivity contribution >= 4 is 18.0 Å². The highest BCUT2D eigenvalue weighted by molar-refractivity contribution is 5.91. The van der Waals surface area contributed by atoms with E-state index in [0.717, 1.165) is 22.3 Å². The first kappa shape index (κ1) is 23.4. The summed E-state index contributed by atoms with van der Waals surface area (Å²) >= 11 is 0. The first-order valence-electron chi connectivity index (χ1n) is 12.1. The Morgan fingerprint density at radius 2 is 1.66 bits per heavy atom. The molecule has 0 unspecified atom stereocenters. The van der Waals surface area contributed by atoms with E-state index in [9.17, 15) is 19.5 Å². The smallest absolute Gasteiger partial charge is 0.410 e. The molecule has 2 fully saturated rings. The molecule has 2 aromatic rings. The second kappa shape index (κ2) is 8.68. The predicted molar refractivity (Wildman–Crippen MR) is 128 cm³/mol. The largest absolute Gasteiger partial charge is 0.480 e. The number of nitrogens with zero attached hydrogens (tertiary/aromatic N) is 2. The zero-order chi connectivity index (χ0) is 24.9. The molecule has 2 aromatic carbocycles. The van der Waals surface area contributed by atoms with Gasteiger partial charge in [-0.2, -0.15) is 0 Å². The van der Waals surface area contributed by atoms with Gasteiger partial charge in [0.1, 0.15) is 18.4 Å². The summed E-state index contributed by atoms with van der Waals surface area (Å²) in [6.45, 7) is 5.55. The van der Waals surface area contributed by atoms with E-state index < -0.39 is 41.9 Å². The van der Waals surface area contributed by atoms with Gasteiger partial charge in [0, 0.05) is 12.5 Å². The minimum absolute atomic E-state index is 0.0775. The molecule has 0 radical (unpaired) electrons. The predicted octanol–water partition coefficient (Wildman–Crippen LogP) is 3.84. The lowest BCUT2D eigenvalue weighted by Crippen LogP contribution is -2.57. The highest BCUT2D eigenvalue weighted by Gasteiger charge is 2.54. The van der Waals surface area contributed by atoms with Crippen LogP contribution in [-0.2, 0) is 19.1 Å². The minimum Gasteiger partial charge on any atom is -0.480 e. The third-order valence-electron chi connectivity index (χ3n) is 7.38. The molecule has 8 nitrogen and oxygen atoms in total. The van der Waals surface area contributed by atoms with Crippen LogP contribution in [-0.4, -0.2) is 69.9 Å². The van der Waals surface area contributed by atoms with Gasteiger partial charge in [0.05, 0.1) is 6.10 Å². The topological polar surface area (TPSA) is 96.4 Å². The number of rotatable bonds is 4. The van der Waals surface area contributed by atoms with E-state index in [0.29, 0.717) is 19.4 Å². The van der Waals surface area contributed by atoms with Crippen LogP contribution in [0.3, 0.4) is 0 Å². The minimum atomic E-state index is -1.12. The summed E-state index contributed by atoms with van der Waals surface area (Å²) in [5.41, 5.74) is 3.43. The Morgan fingerprint density at radius 1 is 1.06 bits per heavy atom. The molecule has 2 heterocycles. The van der Waals surface area contributed by atoms with Gasteiger partial charge in [0.25, 0.3) is 0 Å². The number of amides is 2. The van der Waals surface area contributed by atoms with Crippen molar-refractivity contribution in [2.24, 2.45) is 0 Å². The van der Waals surface area contributed by atoms with E-state index in [1.165, 1.54) is 9.80 Å². The third kappa shape index (κ3) is 3.86. The third-order valence-corrected chi connectivity index (χ3v) is 7.38. The monoisotopic (exact) mass is 478 g/mol. The highest BCUT2D eigenvalue weighted by atomic mass is 16.6. The fourth-order valence-corrected chi connectivity index (χ4v) is 5.91. The summed E-state index contributed by atoms with van der Waals surface area (Å²) in [6.07, 6.45) is -0.115. The number of carbonyl (C=O) groups is 3. The maximum absolute atomic E-state index is 13.6. The van der Waals surface area contributed by atoms with E-state index in [4.69, 9.17) is 9.47 Å². The van der Waals surface area contributed by atoms with Crippen LogP contribution in [0.1, 0.15) is 50.7 Å². The van der Waals surface area contributed by atoms with Crippen LogP contribution in [0.15, 0.2) is 48.5 Å². The van der Waals surface area contributed by atoms with Crippen molar-refractivity contribution in [3.05, 3.63) is 59.7 Å². The Bertz CT molecular complexity index is 1130. The first-order valence-corrected chi connectivity index (χ1v) is 12.1. The van der Waals surface area contributed by atoms with Crippen LogP contribution in [0.5, 0.6) is 0 Å². The average molecular weight is 479 g/mol. The summed E-state index contributed by atoms with van der Waals surface area (Å²) in [5, 5.41) is 9.74. The molecule has 3 aliphatic rings. The Morgan fingerprint density at radius 3 is 2.26 bits per heavy atom. The van der Waals surface area contributed by atoms with Gasteiger partial charge in [-0.25, -0.2) is 9.59 Å². The van der Waals surface area contributed by atoms with E-state index in [2.05, 4.69) is 24.3 Å². The van der Waals surface area contributed by atoms with Gasteiger partial charge in [-0.05, 0) is 55.9 Å². The normalized spacial score (nSPS) is 24.8. The molecule has 0 bridgehead atoms. The number of benzene rings is 2. The molecule has 3 atom stereocenters. The SMILES string of the molecule is C[C@H]1OC(C)(C)N(C(=O)[C@@H]2CCCN2C(=O)OCC2c3ccccc3-c3ccccc32)[C@@H]1C(=O)O. The van der Waals surface area contributed by atoms with E-state index in [-0.39, 0.29) is 12.5 Å². The zero-order valence-electron chi connectivity index (χ0n) is 20.1. The summed E-state index contributed by atoms with van der Waals surface area (Å²) < 4.78 is 11.6. The van der Waals surface area contributed by atoms with Gasteiger partial charge in [-0.15, -0.1) is 0 Å². The van der Waals surface area contributed by atoms with Crippen LogP contribution in [0, 0.1) is 0 Å². The van der Waals surface area contributed by atoms with Gasteiger partial charge in [0.2, 0.25) is 5.91 Å². The van der Waals surface area contributed by atoms with Crippen molar-refractivity contribution in [3.8, 4) is 11.1 Å². The van der Waals surface area contributed by atoms with Crippen molar-refractivity contribution in [3.63, 3.8) is 0 Å². The number of carboxylic acid groups (broad SMARTS) is 1. The second-order valence-corrected chi connectivity index (χ2v) is 9.92. The number of hydrogen-bond donors (Lipinski definition) is 1. The van der Waals surface area contributed by atoms with Crippen molar-refractivity contribution in [1.82, 2.24) is 9.80 Å². The maximum atomic E-state index is 13.6. The molecule has 0 saturated carbocycles. The number of ether oxygens (including phenoxy) is 2. The molecule has 0 aromatic heterocycles. The van der Waals surface area contributed by atoms with Crippen molar-refractivity contribution in [2.75, 3.05) is 13.2 Å². The van der Waals surface area contributed by atoms with Crippen molar-refractivity contribution in [1.29, 1.82) is 0 Å². The molecule has 35 heavy (non-hydrogen) atoms. The first-order chi connectivity index (χ1) is 16.7. The van der Waals surface area contributed by atoms with Gasteiger partial charge >= 0.3 is 12.1 Å². The molecule has 1 aliphatic carbocycles. The van der Waals surface area contributed by atoms with Crippen molar-refractivity contribution < 1.29 is 29.0 Å². The lowest BCUT2D eigenvalue weighted by molar-refractivity contribution is -0.158. The lowest BCUT2D eigenvalue weighted by Gasteiger charge is -2.36. The summed E-state index contributed by atoms with van der Waals surface area (Å²) in [7, 11) is 0. The summed E-state index contributed by atoms with van der Waals surface area (Å²) in [5.74, 6) is -1.62. The van der Waals surface area contributed by atoms with Gasteiger partial charge < -0.3 is 14.6 Å². The Hall–Kier alpha value is -3.39. The highest BCUT2D eigenvalue weighted by Crippen LogP contribution is 2.44. The number of fused-ring (bicyclic) bond motifs is 3. The Balaban J connectivity index is 1.33. The summed E-state index contributed by atoms with van der Waals surface area (Å²) in [4.78, 5) is 41.4. The molecular formula is C27H30N2O6. The summed E-state index contributed by atoms with van der Waals surface area (Å²) in [6, 6.07) is 14.3. The van der Waals surface area contributed by atoms with Gasteiger partial charge in [0.15, 0.2) is 6.04 Å². The molecule has 2 saturated heterocycles. The van der Waals surface area contributed by atoms with Gasteiger partial charge in [-0.3, -0.25) is 14.6 Å². The number of hydrogen-bond acceptors (Lipinski definition) is 5. The van der Waals surface area contributed by atoms with E-state index >= 15 is 0 Å². The van der Waals surface area contributed by atoms with Crippen LogP contribution in [0.4, 0.5) is 4.79 Å². The molecule has 0 spiro atoms. The Kier molecular flexibility index (Phi) is 5.79. The maximum Gasteiger partial charge on any atom is 0.410 e. The van der Waals surface area contributed by atoms with Crippen LogP contribution in [0.25, 0.3) is 11.1 Å². The quantitative estimate of drug-likeness (QED) is 0.717. The molecule has 5 rings (SSSR count). The van der Waals surface area contributed by atoms with Crippen LogP contribution >= 0.6 is 0 Å². The second-order valence-electron chi connectivity index (χ2n) is 9.92. The molecule has 8 heteroatoms. The molecule has 2 aliphatic heterocycles. The lowest BCUT2D eigenvalue weighted by atomic mass is 9.98. The number of carboxylic acids is 1. The average Bonchev–Trinajstić information content (AvgIpc) is 3.49. The molecule has 2 amide bonds. The Labute approximate surface area is 204 Å². The van der Waals surface area contributed by atoms with Crippen LogP contribution < -0.4 is 0 Å². The number of carbonyl (C=O) groups excluding carboxylic acids is 2.